The third kappa shape index (κ3) is 7.33. The molecule has 1 unspecified atom stereocenters. The summed E-state index contributed by atoms with van der Waals surface area (Å²) in [5, 5.41) is 6.74. The van der Waals surface area contributed by atoms with Gasteiger partial charge >= 0.3 is 0 Å². The molecule has 152 valence electrons. The summed E-state index contributed by atoms with van der Waals surface area (Å²) >= 11 is 5.76. The van der Waals surface area contributed by atoms with Gasteiger partial charge in [-0.25, -0.2) is 9.38 Å². The summed E-state index contributed by atoms with van der Waals surface area (Å²) in [7, 11) is 3.43. The zero-order chi connectivity index (χ0) is 19.1. The second-order valence-corrected chi connectivity index (χ2v) is 6.96. The largest absolute Gasteiger partial charge is 0.369 e. The van der Waals surface area contributed by atoms with Crippen molar-refractivity contribution in [1.82, 2.24) is 15.5 Å². The summed E-state index contributed by atoms with van der Waals surface area (Å²) in [4.78, 5) is 19.8. The summed E-state index contributed by atoms with van der Waals surface area (Å²) in [5.74, 6) is 0.179. The lowest BCUT2D eigenvalue weighted by atomic mass is 10.2. The van der Waals surface area contributed by atoms with Crippen molar-refractivity contribution < 1.29 is 9.18 Å². The molecule has 9 heteroatoms. The van der Waals surface area contributed by atoms with Crippen LogP contribution in [0.25, 0.3) is 0 Å². The smallest absolute Gasteiger partial charge is 0.243 e. The molecule has 0 aliphatic carbocycles. The first-order valence-corrected chi connectivity index (χ1v) is 9.23. The number of hydrogen-bond donors (Lipinski definition) is 2. The molecule has 1 aliphatic rings. The highest BCUT2D eigenvalue weighted by atomic mass is 127. The van der Waals surface area contributed by atoms with Crippen LogP contribution in [0.4, 0.5) is 10.1 Å². The lowest BCUT2D eigenvalue weighted by molar-refractivity contribution is -0.127. The molecule has 2 rings (SSSR count). The number of hydrogen-bond acceptors (Lipinski definition) is 3. The van der Waals surface area contributed by atoms with Crippen molar-refractivity contribution in [3.63, 3.8) is 0 Å². The van der Waals surface area contributed by atoms with E-state index in [2.05, 4.69) is 27.4 Å². The summed E-state index contributed by atoms with van der Waals surface area (Å²) in [6, 6.07) is 5.04. The van der Waals surface area contributed by atoms with E-state index < -0.39 is 5.82 Å². The van der Waals surface area contributed by atoms with Gasteiger partial charge in [0, 0.05) is 45.5 Å². The van der Waals surface area contributed by atoms with Crippen LogP contribution in [-0.2, 0) is 4.79 Å². The van der Waals surface area contributed by atoms with Crippen molar-refractivity contribution in [2.24, 2.45) is 4.99 Å². The quantitative estimate of drug-likeness (QED) is 0.350. The number of carbonyl (C=O) groups excluding carboxylic acids is 1. The molecule has 0 aromatic heterocycles. The first kappa shape index (κ1) is 23.7. The van der Waals surface area contributed by atoms with E-state index in [0.717, 1.165) is 38.2 Å². The minimum atomic E-state index is -0.408. The van der Waals surface area contributed by atoms with Gasteiger partial charge in [0.1, 0.15) is 12.4 Å². The van der Waals surface area contributed by atoms with Crippen LogP contribution in [0.2, 0.25) is 5.02 Å². The number of amides is 1. The molecule has 1 amide bonds. The van der Waals surface area contributed by atoms with Gasteiger partial charge in [-0.3, -0.25) is 4.79 Å². The third-order valence-corrected chi connectivity index (χ3v) is 4.52. The molecule has 0 radical (unpaired) electrons. The number of benzene rings is 1. The van der Waals surface area contributed by atoms with E-state index in [1.807, 2.05) is 6.07 Å². The molecule has 1 aromatic carbocycles. The lowest BCUT2D eigenvalue weighted by Gasteiger charge is -2.21. The fraction of sp³-hybridized carbons (Fsp3) is 0.556. The Labute approximate surface area is 182 Å². The summed E-state index contributed by atoms with van der Waals surface area (Å²) in [6.07, 6.45) is 1.86. The minimum absolute atomic E-state index is 0. The Balaban J connectivity index is 0.00000364. The molecule has 27 heavy (non-hydrogen) atoms. The predicted molar refractivity (Wildman–Crippen MR) is 120 cm³/mol. The standard InChI is InChI=1S/C18H27ClFN5O.HI/c1-4-8-21-18(22-11-17(26)24(2)3)23-13-7-9-25(12-13)14-5-6-15(19)16(20)10-14;/h5-6,10,13H,4,7-9,11-12H2,1-3H3,(H2,21,22,23);1H. The maximum absolute atomic E-state index is 13.7. The Morgan fingerprint density at radius 1 is 1.44 bits per heavy atom. The molecular formula is C18H28ClFIN5O. The molecule has 1 atom stereocenters. The Hall–Kier alpha value is -1.29. The second-order valence-electron chi connectivity index (χ2n) is 6.55. The van der Waals surface area contributed by atoms with Crippen LogP contribution in [0.1, 0.15) is 19.8 Å². The van der Waals surface area contributed by atoms with Gasteiger partial charge in [0.2, 0.25) is 5.91 Å². The molecule has 1 aromatic rings. The SMILES string of the molecule is CCCNC(=NCC(=O)N(C)C)NC1CCN(c2ccc(Cl)c(F)c2)C1.I. The van der Waals surface area contributed by atoms with E-state index >= 15 is 0 Å². The van der Waals surface area contributed by atoms with Crippen LogP contribution in [0.5, 0.6) is 0 Å². The first-order valence-electron chi connectivity index (χ1n) is 8.85. The zero-order valence-electron chi connectivity index (χ0n) is 16.0. The van der Waals surface area contributed by atoms with E-state index in [-0.39, 0.29) is 47.5 Å². The maximum Gasteiger partial charge on any atom is 0.243 e. The van der Waals surface area contributed by atoms with Gasteiger partial charge in [-0.05, 0) is 31.0 Å². The summed E-state index contributed by atoms with van der Waals surface area (Å²) in [6.45, 7) is 4.50. The van der Waals surface area contributed by atoms with E-state index in [4.69, 9.17) is 11.6 Å². The molecule has 1 aliphatic heterocycles. The highest BCUT2D eigenvalue weighted by Gasteiger charge is 2.24. The van der Waals surface area contributed by atoms with Crippen molar-refractivity contribution >= 4 is 53.1 Å². The average Bonchev–Trinajstić information content (AvgIpc) is 3.07. The molecule has 2 N–H and O–H groups in total. The van der Waals surface area contributed by atoms with Crippen molar-refractivity contribution in [3.05, 3.63) is 29.0 Å². The van der Waals surface area contributed by atoms with E-state index in [1.165, 1.54) is 11.0 Å². The molecule has 1 saturated heterocycles. The van der Waals surface area contributed by atoms with Crippen LogP contribution in [0.15, 0.2) is 23.2 Å². The van der Waals surface area contributed by atoms with Gasteiger partial charge in [-0.15, -0.1) is 24.0 Å². The monoisotopic (exact) mass is 511 g/mol. The number of halogens is 3. The maximum atomic E-state index is 13.7. The van der Waals surface area contributed by atoms with E-state index in [1.54, 1.807) is 20.2 Å². The van der Waals surface area contributed by atoms with Crippen molar-refractivity contribution in [1.29, 1.82) is 0 Å². The number of anilines is 1. The minimum Gasteiger partial charge on any atom is -0.369 e. The number of aliphatic imine (C=N–C) groups is 1. The molecule has 1 fully saturated rings. The van der Waals surface area contributed by atoms with Gasteiger partial charge < -0.3 is 20.4 Å². The lowest BCUT2D eigenvalue weighted by Crippen LogP contribution is -2.45. The normalized spacial score (nSPS) is 16.7. The molecular weight excluding hydrogens is 484 g/mol. The molecule has 0 saturated carbocycles. The number of rotatable bonds is 6. The van der Waals surface area contributed by atoms with Crippen molar-refractivity contribution in [2.75, 3.05) is 45.2 Å². The highest BCUT2D eigenvalue weighted by molar-refractivity contribution is 14.0. The van der Waals surface area contributed by atoms with Gasteiger partial charge in [0.25, 0.3) is 0 Å². The van der Waals surface area contributed by atoms with Crippen LogP contribution >= 0.6 is 35.6 Å². The van der Waals surface area contributed by atoms with Gasteiger partial charge in [-0.2, -0.15) is 0 Å². The molecule has 6 nitrogen and oxygen atoms in total. The Morgan fingerprint density at radius 2 is 2.19 bits per heavy atom. The van der Waals surface area contributed by atoms with E-state index in [0.29, 0.717) is 5.96 Å². The topological polar surface area (TPSA) is 60.0 Å². The number of guanidine groups is 1. The predicted octanol–water partition coefficient (Wildman–Crippen LogP) is 2.71. The molecule has 0 bridgehead atoms. The van der Waals surface area contributed by atoms with Crippen LogP contribution in [0, 0.1) is 5.82 Å². The van der Waals surface area contributed by atoms with Crippen molar-refractivity contribution in [2.45, 2.75) is 25.8 Å². The molecule has 0 spiro atoms. The number of nitrogens with zero attached hydrogens (tertiary/aromatic N) is 3. The van der Waals surface area contributed by atoms with Crippen LogP contribution in [0.3, 0.4) is 0 Å². The Kier molecular flexibility index (Phi) is 10.1. The Bertz CT molecular complexity index is 659. The van der Waals surface area contributed by atoms with Gasteiger partial charge in [0.15, 0.2) is 5.96 Å². The fourth-order valence-corrected chi connectivity index (χ4v) is 2.79. The first-order chi connectivity index (χ1) is 12.4. The number of likely N-dealkylation sites (N-methyl/N-ethyl adjacent to an activating group) is 1. The third-order valence-electron chi connectivity index (χ3n) is 4.21. The second kappa shape index (κ2) is 11.5. The van der Waals surface area contributed by atoms with Crippen LogP contribution < -0.4 is 15.5 Å². The van der Waals surface area contributed by atoms with Gasteiger partial charge in [-0.1, -0.05) is 18.5 Å². The zero-order valence-corrected chi connectivity index (χ0v) is 19.1. The summed E-state index contributed by atoms with van der Waals surface area (Å²) in [5.41, 5.74) is 0.819. The summed E-state index contributed by atoms with van der Waals surface area (Å²) < 4.78 is 13.7. The average molecular weight is 512 g/mol. The van der Waals surface area contributed by atoms with Crippen molar-refractivity contribution in [3.8, 4) is 0 Å². The van der Waals surface area contributed by atoms with Gasteiger partial charge in [0.05, 0.1) is 5.02 Å². The number of carbonyl (C=O) groups is 1. The van der Waals surface area contributed by atoms with E-state index in [9.17, 15) is 9.18 Å². The van der Waals surface area contributed by atoms with Crippen LogP contribution in [-0.4, -0.2) is 63.1 Å². The highest BCUT2D eigenvalue weighted by Crippen LogP contribution is 2.24. The molecule has 1 heterocycles. The fourth-order valence-electron chi connectivity index (χ4n) is 2.67. The number of nitrogens with one attached hydrogen (secondary N) is 2. The Morgan fingerprint density at radius 3 is 2.81 bits per heavy atom.